The summed E-state index contributed by atoms with van der Waals surface area (Å²) in [6.45, 7) is 13.7. The van der Waals surface area contributed by atoms with Crippen LogP contribution in [-0.4, -0.2) is 63.9 Å². The number of anilines is 1. The largest absolute Gasteiger partial charge is 0.476 e. The monoisotopic (exact) mass is 387 g/mol. The zero-order valence-corrected chi connectivity index (χ0v) is 16.3. The number of aromatic carboxylic acids is 1. The average molecular weight is 387 g/mol. The molecule has 0 atom stereocenters. The summed E-state index contributed by atoms with van der Waals surface area (Å²) in [5.74, 6) is -1.09. The zero-order valence-electron chi connectivity index (χ0n) is 16.3. The maximum absolute atomic E-state index is 10.7. The Balaban J connectivity index is 0.000000292. The lowest BCUT2D eigenvalue weighted by atomic mass is 10.2. The van der Waals surface area contributed by atoms with E-state index in [9.17, 15) is 9.59 Å². The van der Waals surface area contributed by atoms with Crippen molar-refractivity contribution in [2.24, 2.45) is 10.2 Å². The first-order chi connectivity index (χ1) is 13.4. The molecular formula is C18H25N7O3. The summed E-state index contributed by atoms with van der Waals surface area (Å²) in [4.78, 5) is 24.1. The fraction of sp³-hybridized carbons (Fsp3) is 0.333. The number of rotatable bonds is 9. The van der Waals surface area contributed by atoms with Gasteiger partial charge in [0.25, 0.3) is 0 Å². The van der Waals surface area contributed by atoms with E-state index >= 15 is 0 Å². The van der Waals surface area contributed by atoms with E-state index < -0.39 is 5.97 Å². The van der Waals surface area contributed by atoms with Gasteiger partial charge in [-0.1, -0.05) is 18.2 Å². The van der Waals surface area contributed by atoms with E-state index in [4.69, 9.17) is 5.11 Å². The van der Waals surface area contributed by atoms with Crippen molar-refractivity contribution in [2.45, 2.75) is 27.3 Å². The number of carboxylic acid groups (broad SMARTS) is 1. The molecule has 0 spiro atoms. The molecule has 0 unspecified atom stereocenters. The predicted octanol–water partition coefficient (Wildman–Crippen LogP) is 1.80. The molecule has 0 fully saturated rings. The van der Waals surface area contributed by atoms with Gasteiger partial charge in [-0.25, -0.2) is 4.79 Å². The molecule has 10 nitrogen and oxygen atoms in total. The van der Waals surface area contributed by atoms with E-state index in [-0.39, 0.29) is 5.69 Å². The normalized spacial score (nSPS) is 9.68. The maximum atomic E-state index is 10.7. The average Bonchev–Trinajstić information content (AvgIpc) is 3.06. The quantitative estimate of drug-likeness (QED) is 0.398. The van der Waals surface area contributed by atoms with Crippen LogP contribution in [0.15, 0.2) is 34.5 Å². The summed E-state index contributed by atoms with van der Waals surface area (Å²) in [6, 6.07) is 7.78. The smallest absolute Gasteiger partial charge is 0.358 e. The van der Waals surface area contributed by atoms with Gasteiger partial charge in [-0.05, 0) is 32.4 Å². The summed E-state index contributed by atoms with van der Waals surface area (Å²) < 4.78 is 0. The third-order valence-electron chi connectivity index (χ3n) is 3.77. The number of hydrazone groups is 2. The summed E-state index contributed by atoms with van der Waals surface area (Å²) >= 11 is 0. The van der Waals surface area contributed by atoms with Crippen LogP contribution in [0.5, 0.6) is 0 Å². The lowest BCUT2D eigenvalue weighted by Crippen LogP contribution is -2.26. The van der Waals surface area contributed by atoms with Gasteiger partial charge < -0.3 is 10.0 Å². The number of para-hydroxylation sites is 1. The number of carbonyl (C=O) groups is 2. The van der Waals surface area contributed by atoms with Crippen LogP contribution in [0.2, 0.25) is 0 Å². The molecule has 1 N–H and O–H groups in total. The Morgan fingerprint density at radius 3 is 2.36 bits per heavy atom. The Hall–Kier alpha value is -3.56. The molecule has 1 amide bonds. The van der Waals surface area contributed by atoms with Gasteiger partial charge in [0, 0.05) is 26.5 Å². The molecule has 150 valence electrons. The van der Waals surface area contributed by atoms with Gasteiger partial charge in [0.1, 0.15) is 0 Å². The fourth-order valence-electron chi connectivity index (χ4n) is 2.22. The zero-order chi connectivity index (χ0) is 21.1. The van der Waals surface area contributed by atoms with Crippen molar-refractivity contribution in [1.29, 1.82) is 0 Å². The Bertz CT molecular complexity index is 811. The number of benzene rings is 1. The van der Waals surface area contributed by atoms with Crippen LogP contribution >= 0.6 is 0 Å². The van der Waals surface area contributed by atoms with E-state index in [2.05, 4.69) is 33.8 Å². The predicted molar refractivity (Wildman–Crippen MR) is 108 cm³/mol. The van der Waals surface area contributed by atoms with Crippen molar-refractivity contribution >= 4 is 31.5 Å². The number of hydrogen-bond donors (Lipinski definition) is 1. The molecule has 2 rings (SSSR count). The lowest BCUT2D eigenvalue weighted by Gasteiger charge is -2.13. The van der Waals surface area contributed by atoms with Gasteiger partial charge in [-0.3, -0.25) is 4.79 Å². The Labute approximate surface area is 163 Å². The van der Waals surface area contributed by atoms with Gasteiger partial charge in [0.05, 0.1) is 17.9 Å². The standard InChI is InChI=1S/C9H14N4O3.C9H11N3/c1-3-12(6-14)4-5-13-10-7(2)8(11-13)9(15)16;1-8-6-4-5-7-9(8)12(10-2)11-3/h6H,3-5H2,1-2H3,(H,15,16);4-7H,2-3H2,1H3. The third kappa shape index (κ3) is 6.31. The van der Waals surface area contributed by atoms with Gasteiger partial charge in [-0.2, -0.15) is 25.2 Å². The number of amides is 1. The molecule has 1 aromatic carbocycles. The number of nitrogens with zero attached hydrogens (tertiary/aromatic N) is 7. The van der Waals surface area contributed by atoms with Crippen molar-refractivity contribution in [2.75, 3.05) is 18.2 Å². The molecule has 0 bridgehead atoms. The second-order valence-corrected chi connectivity index (χ2v) is 5.63. The number of carbonyl (C=O) groups excluding carboxylic acids is 1. The Kier molecular flexibility index (Phi) is 9.01. The molecule has 28 heavy (non-hydrogen) atoms. The molecule has 10 heteroatoms. The van der Waals surface area contributed by atoms with E-state index in [1.54, 1.807) is 11.8 Å². The number of hydrogen-bond acceptors (Lipinski definition) is 7. The second-order valence-electron chi connectivity index (χ2n) is 5.63. The Morgan fingerprint density at radius 2 is 1.89 bits per heavy atom. The SMILES string of the molecule is C=NN(N=C)c1ccccc1C.CCN(C=O)CCn1nc(C)c(C(=O)O)n1. The Morgan fingerprint density at radius 1 is 1.25 bits per heavy atom. The molecule has 0 saturated heterocycles. The van der Waals surface area contributed by atoms with Crippen LogP contribution in [0, 0.1) is 13.8 Å². The van der Waals surface area contributed by atoms with E-state index in [0.29, 0.717) is 25.3 Å². The van der Waals surface area contributed by atoms with Gasteiger partial charge >= 0.3 is 5.97 Å². The first-order valence-electron chi connectivity index (χ1n) is 8.51. The number of carboxylic acids is 1. The minimum Gasteiger partial charge on any atom is -0.476 e. The first kappa shape index (κ1) is 22.5. The highest BCUT2D eigenvalue weighted by molar-refractivity contribution is 5.86. The molecule has 0 radical (unpaired) electrons. The minimum atomic E-state index is -1.09. The number of likely N-dealkylation sites (N-methyl/N-ethyl adjacent to an activating group) is 1. The highest BCUT2D eigenvalue weighted by Crippen LogP contribution is 2.18. The summed E-state index contributed by atoms with van der Waals surface area (Å²) in [5, 5.41) is 25.3. The van der Waals surface area contributed by atoms with E-state index in [1.807, 2.05) is 38.1 Å². The van der Waals surface area contributed by atoms with E-state index in [1.165, 1.54) is 9.91 Å². The van der Waals surface area contributed by atoms with Gasteiger partial charge in [0.2, 0.25) is 6.41 Å². The molecule has 1 aromatic heterocycles. The molecule has 0 aliphatic carbocycles. The van der Waals surface area contributed by atoms with Crippen LogP contribution < -0.4 is 5.12 Å². The van der Waals surface area contributed by atoms with Crippen LogP contribution in [-0.2, 0) is 11.3 Å². The van der Waals surface area contributed by atoms with Crippen LogP contribution in [0.25, 0.3) is 0 Å². The maximum Gasteiger partial charge on any atom is 0.358 e. The van der Waals surface area contributed by atoms with Gasteiger partial charge in [-0.15, -0.1) is 5.10 Å². The van der Waals surface area contributed by atoms with Crippen LogP contribution in [0.3, 0.4) is 0 Å². The number of aromatic nitrogens is 3. The molecule has 0 aliphatic heterocycles. The fourth-order valence-corrected chi connectivity index (χ4v) is 2.22. The minimum absolute atomic E-state index is 0.0471. The molecule has 0 saturated carbocycles. The van der Waals surface area contributed by atoms with Crippen molar-refractivity contribution < 1.29 is 14.7 Å². The second kappa shape index (κ2) is 11.2. The van der Waals surface area contributed by atoms with Gasteiger partial charge in [0.15, 0.2) is 5.69 Å². The highest BCUT2D eigenvalue weighted by Gasteiger charge is 2.14. The van der Waals surface area contributed by atoms with E-state index in [0.717, 1.165) is 17.7 Å². The van der Waals surface area contributed by atoms with Crippen molar-refractivity contribution in [3.05, 3.63) is 41.2 Å². The molecule has 0 aliphatic rings. The third-order valence-corrected chi connectivity index (χ3v) is 3.77. The van der Waals surface area contributed by atoms with Crippen LogP contribution in [0.4, 0.5) is 5.69 Å². The van der Waals surface area contributed by atoms with Crippen molar-refractivity contribution in [3.63, 3.8) is 0 Å². The summed E-state index contributed by atoms with van der Waals surface area (Å²) in [5.41, 5.74) is 2.33. The van der Waals surface area contributed by atoms with Crippen LogP contribution in [0.1, 0.15) is 28.7 Å². The summed E-state index contributed by atoms with van der Waals surface area (Å²) in [6.07, 6.45) is 0.745. The molecule has 2 aromatic rings. The topological polar surface area (TPSA) is 116 Å². The van der Waals surface area contributed by atoms with Crippen molar-refractivity contribution in [1.82, 2.24) is 19.9 Å². The number of aryl methyl sites for hydroxylation is 2. The highest BCUT2D eigenvalue weighted by atomic mass is 16.4. The first-order valence-corrected chi connectivity index (χ1v) is 8.51. The summed E-state index contributed by atoms with van der Waals surface area (Å²) in [7, 11) is 0. The van der Waals surface area contributed by atoms with Crippen molar-refractivity contribution in [3.8, 4) is 0 Å². The lowest BCUT2D eigenvalue weighted by molar-refractivity contribution is -0.118. The molecular weight excluding hydrogens is 362 g/mol. The molecule has 1 heterocycles.